The van der Waals surface area contributed by atoms with E-state index in [4.69, 9.17) is 26.8 Å². The van der Waals surface area contributed by atoms with E-state index in [9.17, 15) is 14.9 Å². The van der Waals surface area contributed by atoms with Crippen LogP contribution in [-0.2, 0) is 4.74 Å². The predicted molar refractivity (Wildman–Crippen MR) is 126 cm³/mol. The van der Waals surface area contributed by atoms with Gasteiger partial charge in [0.25, 0.3) is 5.91 Å². The smallest absolute Gasteiger partial charge is 0.404 e. The highest BCUT2D eigenvalue weighted by molar-refractivity contribution is 6.32. The Kier molecular flexibility index (Phi) is 8.29. The Labute approximate surface area is 199 Å². The molecule has 0 radical (unpaired) electrons. The summed E-state index contributed by atoms with van der Waals surface area (Å²) in [4.78, 5) is 29.3. The fourth-order valence-corrected chi connectivity index (χ4v) is 3.72. The first-order valence-electron chi connectivity index (χ1n) is 10.4. The van der Waals surface area contributed by atoms with Crippen LogP contribution in [-0.4, -0.2) is 49.2 Å². The minimum atomic E-state index is -0.882. The van der Waals surface area contributed by atoms with Gasteiger partial charge in [-0.05, 0) is 24.5 Å². The molecular formula is C24H29ClN4O4. The molecule has 8 nitrogen and oxygen atoms in total. The Hall–Kier alpha value is -3.31. The lowest BCUT2D eigenvalue weighted by Gasteiger charge is -2.33. The van der Waals surface area contributed by atoms with Gasteiger partial charge in [-0.2, -0.15) is 5.26 Å². The van der Waals surface area contributed by atoms with Crippen LogP contribution in [0.3, 0.4) is 0 Å². The molecule has 1 atom stereocenters. The van der Waals surface area contributed by atoms with Gasteiger partial charge >= 0.3 is 6.09 Å². The number of nitrogens with zero attached hydrogens (tertiary/aromatic N) is 3. The summed E-state index contributed by atoms with van der Waals surface area (Å²) in [6.07, 6.45) is 0.633. The van der Waals surface area contributed by atoms with E-state index < -0.39 is 6.09 Å². The van der Waals surface area contributed by atoms with E-state index in [0.717, 1.165) is 0 Å². The van der Waals surface area contributed by atoms with E-state index in [0.29, 0.717) is 29.0 Å². The second-order valence-corrected chi connectivity index (χ2v) is 9.16. The molecule has 2 N–H and O–H groups in total. The van der Waals surface area contributed by atoms with Crippen molar-refractivity contribution in [2.75, 3.05) is 27.3 Å². The first-order chi connectivity index (χ1) is 15.4. The van der Waals surface area contributed by atoms with Crippen molar-refractivity contribution in [1.29, 1.82) is 5.26 Å². The Morgan fingerprint density at radius 1 is 1.30 bits per heavy atom. The van der Waals surface area contributed by atoms with Crippen molar-refractivity contribution in [1.82, 2.24) is 9.88 Å². The zero-order valence-corrected chi connectivity index (χ0v) is 20.5. The highest BCUT2D eigenvalue weighted by atomic mass is 35.5. The second-order valence-electron chi connectivity index (χ2n) is 8.75. The van der Waals surface area contributed by atoms with Crippen LogP contribution in [0.25, 0.3) is 11.1 Å². The summed E-state index contributed by atoms with van der Waals surface area (Å²) in [7, 11) is 3.28. The summed E-state index contributed by atoms with van der Waals surface area (Å²) < 4.78 is 11.2. The van der Waals surface area contributed by atoms with Crippen LogP contribution in [0.4, 0.5) is 4.79 Å². The molecule has 1 unspecified atom stereocenters. The van der Waals surface area contributed by atoms with Gasteiger partial charge < -0.3 is 20.1 Å². The molecule has 2 rings (SSSR count). The normalized spacial score (nSPS) is 11.9. The standard InChI is InChI=1S/C24H29ClN4O4/c1-7-32-21-15(17(24(2,3)4)13-33-23(27)31)10-18(25)16(11-26)20(21)14-8-9-19(28-12-14)22(30)29(5)6/h8-10,12,17H,7,13H2,1-6H3,(H2,27,31). The van der Waals surface area contributed by atoms with Gasteiger partial charge in [-0.1, -0.05) is 38.4 Å². The second kappa shape index (κ2) is 10.5. The quantitative estimate of drug-likeness (QED) is 0.629. The van der Waals surface area contributed by atoms with Crippen molar-refractivity contribution in [2.45, 2.75) is 33.6 Å². The number of nitriles is 1. The summed E-state index contributed by atoms with van der Waals surface area (Å²) in [6.45, 7) is 8.14. The summed E-state index contributed by atoms with van der Waals surface area (Å²) in [5.74, 6) is -0.131. The predicted octanol–water partition coefficient (Wildman–Crippen LogP) is 4.60. The van der Waals surface area contributed by atoms with Crippen LogP contribution < -0.4 is 10.5 Å². The summed E-state index contributed by atoms with van der Waals surface area (Å²) in [5, 5.41) is 10.1. The number of ether oxygens (including phenoxy) is 2. The number of nitrogens with two attached hydrogens (primary N) is 1. The van der Waals surface area contributed by atoms with Crippen molar-refractivity contribution in [3.8, 4) is 22.9 Å². The number of carbonyl (C=O) groups is 2. The number of benzene rings is 1. The largest absolute Gasteiger partial charge is 0.493 e. The summed E-state index contributed by atoms with van der Waals surface area (Å²) in [5.41, 5.74) is 7.05. The fourth-order valence-electron chi connectivity index (χ4n) is 3.46. The van der Waals surface area contributed by atoms with Gasteiger partial charge in [0.1, 0.15) is 24.1 Å². The van der Waals surface area contributed by atoms with Crippen LogP contribution in [0.1, 0.15) is 55.2 Å². The minimum Gasteiger partial charge on any atom is -0.493 e. The number of carbonyl (C=O) groups excluding carboxylic acids is 2. The lowest BCUT2D eigenvalue weighted by molar-refractivity contribution is 0.0822. The lowest BCUT2D eigenvalue weighted by atomic mass is 9.75. The molecule has 0 aliphatic carbocycles. The van der Waals surface area contributed by atoms with Crippen molar-refractivity contribution in [3.05, 3.63) is 46.2 Å². The van der Waals surface area contributed by atoms with Crippen molar-refractivity contribution >= 4 is 23.6 Å². The first-order valence-corrected chi connectivity index (χ1v) is 10.8. The Morgan fingerprint density at radius 2 is 1.97 bits per heavy atom. The van der Waals surface area contributed by atoms with Crippen molar-refractivity contribution in [2.24, 2.45) is 11.1 Å². The molecule has 176 valence electrons. The number of primary amides is 1. The zero-order chi connectivity index (χ0) is 24.9. The summed E-state index contributed by atoms with van der Waals surface area (Å²) in [6, 6.07) is 7.12. The third-order valence-corrected chi connectivity index (χ3v) is 5.45. The fraction of sp³-hybridized carbons (Fsp3) is 0.417. The van der Waals surface area contributed by atoms with Crippen molar-refractivity contribution < 1.29 is 19.1 Å². The van der Waals surface area contributed by atoms with Gasteiger partial charge in [0.2, 0.25) is 0 Å². The van der Waals surface area contributed by atoms with Gasteiger partial charge in [-0.25, -0.2) is 4.79 Å². The molecule has 0 saturated carbocycles. The lowest BCUT2D eigenvalue weighted by Crippen LogP contribution is -2.27. The van der Waals surface area contributed by atoms with Crippen LogP contribution in [0, 0.1) is 16.7 Å². The van der Waals surface area contributed by atoms with E-state index in [2.05, 4.69) is 11.1 Å². The van der Waals surface area contributed by atoms with Crippen LogP contribution in [0.2, 0.25) is 5.02 Å². The number of pyridine rings is 1. The van der Waals surface area contributed by atoms with Gasteiger partial charge in [0.05, 0.1) is 17.2 Å². The highest BCUT2D eigenvalue weighted by Gasteiger charge is 2.33. The molecule has 1 heterocycles. The van der Waals surface area contributed by atoms with Crippen LogP contribution >= 0.6 is 11.6 Å². The Bertz CT molecular complexity index is 1070. The minimum absolute atomic E-state index is 0.00903. The number of hydrogen-bond donors (Lipinski definition) is 1. The van der Waals surface area contributed by atoms with E-state index in [-0.39, 0.29) is 40.1 Å². The van der Waals surface area contributed by atoms with Gasteiger partial charge in [-0.3, -0.25) is 9.78 Å². The average molecular weight is 473 g/mol. The molecule has 2 amide bonds. The summed E-state index contributed by atoms with van der Waals surface area (Å²) >= 11 is 6.55. The SMILES string of the molecule is CCOc1c(C(COC(N)=O)C(C)(C)C)cc(Cl)c(C#N)c1-c1ccc(C(=O)N(C)C)nc1. The van der Waals surface area contributed by atoms with E-state index >= 15 is 0 Å². The molecule has 0 spiro atoms. The van der Waals surface area contributed by atoms with Gasteiger partial charge in [0, 0.05) is 42.9 Å². The molecule has 1 aromatic heterocycles. The molecule has 9 heteroatoms. The number of amides is 2. The molecule has 33 heavy (non-hydrogen) atoms. The van der Waals surface area contributed by atoms with E-state index in [1.165, 1.54) is 11.1 Å². The Balaban J connectivity index is 2.79. The number of halogens is 1. The maximum atomic E-state index is 12.2. The third-order valence-electron chi connectivity index (χ3n) is 5.15. The number of rotatable bonds is 7. The molecule has 0 bridgehead atoms. The maximum absolute atomic E-state index is 12.2. The topological polar surface area (TPSA) is 119 Å². The Morgan fingerprint density at radius 3 is 2.42 bits per heavy atom. The molecule has 2 aromatic rings. The number of aromatic nitrogens is 1. The zero-order valence-electron chi connectivity index (χ0n) is 19.7. The third kappa shape index (κ3) is 5.93. The molecular weight excluding hydrogens is 444 g/mol. The van der Waals surface area contributed by atoms with E-state index in [1.807, 2.05) is 27.7 Å². The maximum Gasteiger partial charge on any atom is 0.404 e. The first kappa shape index (κ1) is 25.9. The molecule has 0 saturated heterocycles. The molecule has 0 aliphatic heterocycles. The van der Waals surface area contributed by atoms with Gasteiger partial charge in [0.15, 0.2) is 0 Å². The monoisotopic (exact) mass is 472 g/mol. The number of hydrogen-bond acceptors (Lipinski definition) is 6. The van der Waals surface area contributed by atoms with Crippen LogP contribution in [0.15, 0.2) is 24.4 Å². The molecule has 0 aliphatic rings. The van der Waals surface area contributed by atoms with Crippen molar-refractivity contribution in [3.63, 3.8) is 0 Å². The average Bonchev–Trinajstić information content (AvgIpc) is 2.73. The molecule has 0 fully saturated rings. The van der Waals surface area contributed by atoms with Gasteiger partial charge in [-0.15, -0.1) is 0 Å². The van der Waals surface area contributed by atoms with Crippen LogP contribution in [0.5, 0.6) is 5.75 Å². The van der Waals surface area contributed by atoms with E-state index in [1.54, 1.807) is 32.3 Å². The molecule has 1 aromatic carbocycles. The highest BCUT2D eigenvalue weighted by Crippen LogP contribution is 2.47.